The number of rotatable bonds is 6. The minimum absolute atomic E-state index is 0. The number of para-hydroxylation sites is 2. The van der Waals surface area contributed by atoms with Crippen molar-refractivity contribution in [2.24, 2.45) is 0 Å². The molecule has 6 aromatic carbocycles. The van der Waals surface area contributed by atoms with E-state index in [-0.39, 0.29) is 26.8 Å². The Morgan fingerprint density at radius 3 is 2.00 bits per heavy atom. The maximum absolute atomic E-state index is 11.3. The summed E-state index contributed by atoms with van der Waals surface area (Å²) in [6, 6.07) is 55.7. The molecule has 0 fully saturated rings. The molecular formula is C43H27N4OPt-. The summed E-state index contributed by atoms with van der Waals surface area (Å²) in [7, 11) is 0. The van der Waals surface area contributed by atoms with Crippen LogP contribution in [0.15, 0.2) is 158 Å². The second-order valence-corrected chi connectivity index (χ2v) is 11.5. The molecule has 8 rings (SSSR count). The van der Waals surface area contributed by atoms with Crippen molar-refractivity contribution < 1.29 is 26.2 Å². The second kappa shape index (κ2) is 13.6. The Morgan fingerprint density at radius 1 is 0.612 bits per heavy atom. The standard InChI is InChI=1S/C43H27N4O.Pt/c44-28-32-16-11-23-45-41(32)35-25-33(30-14-6-2-7-15-30)24-34(26-35)37-19-10-20-39-42(37)46-43(47(39)36-17-8-3-9-18-36)38-27-31(21-22-40(38)48)29-12-4-1-5-13-29;/h1-25,27,48H;/q-1;. The van der Waals surface area contributed by atoms with E-state index in [2.05, 4.69) is 58.1 Å². The Balaban J connectivity index is 0.00000378. The van der Waals surface area contributed by atoms with Gasteiger partial charge < -0.3 is 5.11 Å². The number of pyridine rings is 1. The van der Waals surface area contributed by atoms with Crippen LogP contribution in [0.25, 0.3) is 72.7 Å². The van der Waals surface area contributed by atoms with Crippen LogP contribution in [0.4, 0.5) is 0 Å². The molecule has 0 saturated heterocycles. The molecule has 0 aliphatic heterocycles. The third-order valence-electron chi connectivity index (χ3n) is 8.49. The predicted molar refractivity (Wildman–Crippen MR) is 191 cm³/mol. The van der Waals surface area contributed by atoms with Gasteiger partial charge in [0.25, 0.3) is 0 Å². The van der Waals surface area contributed by atoms with Crippen molar-refractivity contribution in [1.82, 2.24) is 14.5 Å². The zero-order valence-corrected chi connectivity index (χ0v) is 28.3. The van der Waals surface area contributed by atoms with Gasteiger partial charge in [0, 0.05) is 44.2 Å². The van der Waals surface area contributed by atoms with Crippen molar-refractivity contribution in [3.63, 3.8) is 0 Å². The molecule has 2 heterocycles. The number of imidazole rings is 1. The van der Waals surface area contributed by atoms with Gasteiger partial charge in [-0.2, -0.15) is 5.26 Å². The molecule has 2 aromatic heterocycles. The van der Waals surface area contributed by atoms with E-state index in [4.69, 9.17) is 4.98 Å². The largest absolute Gasteiger partial charge is 0.507 e. The number of aromatic nitrogens is 3. The average molecular weight is 811 g/mol. The molecule has 0 bridgehead atoms. The molecule has 6 heteroatoms. The number of benzene rings is 6. The van der Waals surface area contributed by atoms with E-state index in [1.807, 2.05) is 97.1 Å². The number of hydrogen-bond donors (Lipinski definition) is 1. The second-order valence-electron chi connectivity index (χ2n) is 11.5. The molecule has 0 amide bonds. The summed E-state index contributed by atoms with van der Waals surface area (Å²) in [4.78, 5) is 9.88. The van der Waals surface area contributed by atoms with Crippen LogP contribution in [0.5, 0.6) is 5.75 Å². The molecule has 0 atom stereocenters. The maximum atomic E-state index is 11.3. The third-order valence-corrected chi connectivity index (χ3v) is 8.49. The molecule has 0 saturated carbocycles. The summed E-state index contributed by atoms with van der Waals surface area (Å²) in [6.07, 6.45) is 1.70. The summed E-state index contributed by atoms with van der Waals surface area (Å²) in [6.45, 7) is 0. The Morgan fingerprint density at radius 2 is 1.29 bits per heavy atom. The minimum Gasteiger partial charge on any atom is -0.507 e. The normalized spacial score (nSPS) is 10.8. The number of phenols is 1. The number of nitriles is 1. The summed E-state index contributed by atoms with van der Waals surface area (Å²) in [5.74, 6) is 0.762. The summed E-state index contributed by atoms with van der Waals surface area (Å²) in [5, 5.41) is 21.2. The number of nitrogens with zero attached hydrogens (tertiary/aromatic N) is 4. The van der Waals surface area contributed by atoms with Crippen LogP contribution >= 0.6 is 0 Å². The van der Waals surface area contributed by atoms with Crippen LogP contribution in [0.3, 0.4) is 0 Å². The van der Waals surface area contributed by atoms with Crippen molar-refractivity contribution >= 4 is 11.0 Å². The monoisotopic (exact) mass is 810 g/mol. The van der Waals surface area contributed by atoms with Gasteiger partial charge in [0.2, 0.25) is 0 Å². The fraction of sp³-hybridized carbons (Fsp3) is 0. The molecule has 0 unspecified atom stereocenters. The van der Waals surface area contributed by atoms with Crippen LogP contribution in [0.2, 0.25) is 0 Å². The van der Waals surface area contributed by atoms with E-state index in [0.29, 0.717) is 22.6 Å². The van der Waals surface area contributed by atoms with Crippen LogP contribution in [-0.2, 0) is 21.1 Å². The van der Waals surface area contributed by atoms with Gasteiger partial charge in [-0.15, -0.1) is 23.8 Å². The molecule has 49 heavy (non-hydrogen) atoms. The minimum atomic E-state index is 0. The van der Waals surface area contributed by atoms with Gasteiger partial charge in [-0.05, 0) is 59.2 Å². The van der Waals surface area contributed by atoms with E-state index in [1.54, 1.807) is 24.4 Å². The SMILES string of the molecule is N#Cc1cccnc1-c1[c-]c(-c2cccc3c2nc(-c2cc(-c4ccccc4)ccc2O)n3-c2ccccc2)cc(-c2ccccc2)c1.[Pt]. The van der Waals surface area contributed by atoms with Gasteiger partial charge in [0.1, 0.15) is 11.6 Å². The summed E-state index contributed by atoms with van der Waals surface area (Å²) >= 11 is 0. The quantitative estimate of drug-likeness (QED) is 0.170. The zero-order valence-electron chi connectivity index (χ0n) is 26.1. The fourth-order valence-corrected chi connectivity index (χ4v) is 6.21. The van der Waals surface area contributed by atoms with Gasteiger partial charge in [-0.3, -0.25) is 9.55 Å². The van der Waals surface area contributed by atoms with Gasteiger partial charge in [0.05, 0.1) is 22.7 Å². The topological polar surface area (TPSA) is 74.7 Å². The Bertz CT molecular complexity index is 2470. The van der Waals surface area contributed by atoms with Gasteiger partial charge in [0.15, 0.2) is 0 Å². The number of phenolic OH excluding ortho intramolecular Hbond substituents is 1. The first-order chi connectivity index (χ1) is 23.7. The maximum Gasteiger partial charge on any atom is 0.148 e. The summed E-state index contributed by atoms with van der Waals surface area (Å²) in [5.41, 5.74) is 10.7. The van der Waals surface area contributed by atoms with Gasteiger partial charge >= 0.3 is 0 Å². The van der Waals surface area contributed by atoms with E-state index < -0.39 is 0 Å². The van der Waals surface area contributed by atoms with Crippen LogP contribution in [0, 0.1) is 17.4 Å². The van der Waals surface area contributed by atoms with Crippen LogP contribution < -0.4 is 0 Å². The number of fused-ring (bicyclic) bond motifs is 1. The third kappa shape index (κ3) is 5.95. The van der Waals surface area contributed by atoms with Crippen molar-refractivity contribution in [2.45, 2.75) is 0 Å². The Hall–Kier alpha value is -6.08. The molecule has 5 nitrogen and oxygen atoms in total. The predicted octanol–water partition coefficient (Wildman–Crippen LogP) is 10.1. The van der Waals surface area contributed by atoms with E-state index in [1.165, 1.54) is 0 Å². The Kier molecular flexibility index (Phi) is 8.73. The molecule has 8 aromatic rings. The molecule has 0 spiro atoms. The zero-order chi connectivity index (χ0) is 32.5. The molecule has 0 aliphatic rings. The van der Waals surface area contributed by atoms with Gasteiger partial charge in [-0.1, -0.05) is 114 Å². The molecule has 236 valence electrons. The Labute approximate surface area is 298 Å². The molecule has 0 radical (unpaired) electrons. The van der Waals surface area contributed by atoms with E-state index in [0.717, 1.165) is 55.7 Å². The number of hydrogen-bond acceptors (Lipinski definition) is 4. The van der Waals surface area contributed by atoms with Crippen LogP contribution in [-0.4, -0.2) is 19.6 Å². The first kappa shape index (κ1) is 31.5. The average Bonchev–Trinajstić information content (AvgIpc) is 3.55. The van der Waals surface area contributed by atoms with E-state index >= 15 is 0 Å². The van der Waals surface area contributed by atoms with Crippen molar-refractivity contribution in [3.8, 4) is 73.5 Å². The molecule has 1 N–H and O–H groups in total. The van der Waals surface area contributed by atoms with Crippen molar-refractivity contribution in [2.75, 3.05) is 0 Å². The first-order valence-electron chi connectivity index (χ1n) is 15.6. The first-order valence-corrected chi connectivity index (χ1v) is 15.6. The molecule has 0 aliphatic carbocycles. The van der Waals surface area contributed by atoms with Crippen molar-refractivity contribution in [1.29, 1.82) is 5.26 Å². The van der Waals surface area contributed by atoms with Gasteiger partial charge in [-0.25, -0.2) is 4.98 Å². The molecular weight excluding hydrogens is 784 g/mol. The summed E-state index contributed by atoms with van der Waals surface area (Å²) < 4.78 is 2.09. The smallest absolute Gasteiger partial charge is 0.148 e. The van der Waals surface area contributed by atoms with Crippen molar-refractivity contribution in [3.05, 3.63) is 169 Å². The van der Waals surface area contributed by atoms with Crippen LogP contribution in [0.1, 0.15) is 5.56 Å². The van der Waals surface area contributed by atoms with E-state index in [9.17, 15) is 10.4 Å². The fourth-order valence-electron chi connectivity index (χ4n) is 6.21. The number of aromatic hydroxyl groups is 1.